The molecular weight excluding hydrogens is 248 g/mol. The van der Waals surface area contributed by atoms with E-state index in [9.17, 15) is 8.78 Å². The fourth-order valence-corrected chi connectivity index (χ4v) is 1.97. The molecule has 0 fully saturated rings. The van der Waals surface area contributed by atoms with Crippen molar-refractivity contribution in [3.63, 3.8) is 0 Å². The van der Waals surface area contributed by atoms with E-state index in [1.54, 1.807) is 12.3 Å². The van der Waals surface area contributed by atoms with E-state index in [0.717, 1.165) is 5.69 Å². The van der Waals surface area contributed by atoms with Crippen LogP contribution < -0.4 is 5.32 Å². The van der Waals surface area contributed by atoms with Crippen LogP contribution in [0.25, 0.3) is 0 Å². The van der Waals surface area contributed by atoms with Gasteiger partial charge in [0.2, 0.25) is 0 Å². The average molecular weight is 263 g/mol. The molecule has 0 aliphatic heterocycles. The maximum absolute atomic E-state index is 13.7. The molecule has 0 spiro atoms. The zero-order valence-corrected chi connectivity index (χ0v) is 10.6. The molecule has 5 heteroatoms. The Morgan fingerprint density at radius 2 is 1.95 bits per heavy atom. The predicted molar refractivity (Wildman–Crippen MR) is 68.5 cm³/mol. The van der Waals surface area contributed by atoms with Crippen molar-refractivity contribution in [1.82, 2.24) is 15.3 Å². The van der Waals surface area contributed by atoms with E-state index in [-0.39, 0.29) is 18.0 Å². The van der Waals surface area contributed by atoms with E-state index in [4.69, 9.17) is 0 Å². The van der Waals surface area contributed by atoms with Crippen molar-refractivity contribution in [1.29, 1.82) is 0 Å². The number of nitrogens with one attached hydrogen (secondary N) is 1. The second-order valence-corrected chi connectivity index (χ2v) is 4.15. The molecule has 0 saturated heterocycles. The molecule has 1 atom stereocenters. The Bertz CT molecular complexity index is 511. The van der Waals surface area contributed by atoms with Crippen LogP contribution in [0.5, 0.6) is 0 Å². The summed E-state index contributed by atoms with van der Waals surface area (Å²) in [7, 11) is 0. The Hall–Kier alpha value is -1.88. The van der Waals surface area contributed by atoms with Crippen LogP contribution in [-0.4, -0.2) is 16.5 Å². The van der Waals surface area contributed by atoms with Gasteiger partial charge in [-0.25, -0.2) is 18.7 Å². The predicted octanol–water partition coefficient (Wildman–Crippen LogP) is 2.65. The van der Waals surface area contributed by atoms with Crippen molar-refractivity contribution in [2.45, 2.75) is 19.4 Å². The standard InChI is InChI=1S/C14H15F2N3/c1-2-18-14(13-6-7-17-9-19-13)8-10-11(15)4-3-5-12(10)16/h3-7,9,14,18H,2,8H2,1H3. The van der Waals surface area contributed by atoms with Gasteiger partial charge in [-0.3, -0.25) is 0 Å². The summed E-state index contributed by atoms with van der Waals surface area (Å²) in [6.45, 7) is 2.62. The lowest BCUT2D eigenvalue weighted by molar-refractivity contribution is 0.492. The van der Waals surface area contributed by atoms with Gasteiger partial charge in [0, 0.05) is 11.8 Å². The van der Waals surface area contributed by atoms with Crippen molar-refractivity contribution in [2.24, 2.45) is 0 Å². The van der Waals surface area contributed by atoms with Gasteiger partial charge in [0.1, 0.15) is 18.0 Å². The number of halogens is 2. The van der Waals surface area contributed by atoms with Gasteiger partial charge >= 0.3 is 0 Å². The van der Waals surface area contributed by atoms with Crippen LogP contribution in [0, 0.1) is 11.6 Å². The highest BCUT2D eigenvalue weighted by molar-refractivity contribution is 5.22. The van der Waals surface area contributed by atoms with Crippen molar-refractivity contribution in [2.75, 3.05) is 6.54 Å². The number of hydrogen-bond donors (Lipinski definition) is 1. The Morgan fingerprint density at radius 3 is 2.53 bits per heavy atom. The molecule has 2 rings (SSSR count). The van der Waals surface area contributed by atoms with E-state index in [1.165, 1.54) is 24.5 Å². The van der Waals surface area contributed by atoms with Gasteiger partial charge in [0.05, 0.1) is 11.7 Å². The van der Waals surface area contributed by atoms with E-state index in [1.807, 2.05) is 6.92 Å². The first kappa shape index (κ1) is 13.5. The lowest BCUT2D eigenvalue weighted by atomic mass is 10.0. The lowest BCUT2D eigenvalue weighted by Gasteiger charge is -2.17. The Labute approximate surface area is 110 Å². The van der Waals surface area contributed by atoms with Gasteiger partial charge in [-0.1, -0.05) is 13.0 Å². The van der Waals surface area contributed by atoms with Crippen molar-refractivity contribution in [3.8, 4) is 0 Å². The minimum Gasteiger partial charge on any atom is -0.309 e. The zero-order valence-electron chi connectivity index (χ0n) is 10.6. The first-order chi connectivity index (χ1) is 9.22. The Morgan fingerprint density at radius 1 is 1.21 bits per heavy atom. The van der Waals surface area contributed by atoms with Gasteiger partial charge in [0.15, 0.2) is 0 Å². The second kappa shape index (κ2) is 6.33. The first-order valence-electron chi connectivity index (χ1n) is 6.14. The summed E-state index contributed by atoms with van der Waals surface area (Å²) in [5.41, 5.74) is 0.798. The van der Waals surface area contributed by atoms with Gasteiger partial charge in [-0.15, -0.1) is 0 Å². The average Bonchev–Trinajstić information content (AvgIpc) is 2.43. The monoisotopic (exact) mass is 263 g/mol. The number of aromatic nitrogens is 2. The molecule has 1 aromatic heterocycles. The van der Waals surface area contributed by atoms with Crippen LogP contribution >= 0.6 is 0 Å². The SMILES string of the molecule is CCNC(Cc1c(F)cccc1F)c1ccncn1. The molecule has 0 aliphatic carbocycles. The molecule has 1 aromatic carbocycles. The molecule has 0 amide bonds. The van der Waals surface area contributed by atoms with Crippen molar-refractivity contribution in [3.05, 3.63) is 59.7 Å². The molecule has 1 heterocycles. The van der Waals surface area contributed by atoms with Crippen molar-refractivity contribution < 1.29 is 8.78 Å². The quantitative estimate of drug-likeness (QED) is 0.901. The third-order valence-corrected chi connectivity index (χ3v) is 2.88. The summed E-state index contributed by atoms with van der Waals surface area (Å²) < 4.78 is 27.3. The van der Waals surface area contributed by atoms with Gasteiger partial charge in [-0.05, 0) is 31.2 Å². The highest BCUT2D eigenvalue weighted by Crippen LogP contribution is 2.20. The highest BCUT2D eigenvalue weighted by Gasteiger charge is 2.17. The number of benzene rings is 1. The van der Waals surface area contributed by atoms with Gasteiger partial charge in [0.25, 0.3) is 0 Å². The van der Waals surface area contributed by atoms with Crippen LogP contribution in [0.15, 0.2) is 36.8 Å². The van der Waals surface area contributed by atoms with Crippen LogP contribution in [-0.2, 0) is 6.42 Å². The maximum Gasteiger partial charge on any atom is 0.129 e. The summed E-state index contributed by atoms with van der Waals surface area (Å²) in [6, 6.07) is 5.40. The number of rotatable bonds is 5. The lowest BCUT2D eigenvalue weighted by Crippen LogP contribution is -2.24. The Kier molecular flexibility index (Phi) is 4.52. The van der Waals surface area contributed by atoms with Gasteiger partial charge < -0.3 is 5.32 Å². The van der Waals surface area contributed by atoms with E-state index in [0.29, 0.717) is 6.54 Å². The summed E-state index contributed by atoms with van der Waals surface area (Å²) >= 11 is 0. The molecule has 0 radical (unpaired) electrons. The fourth-order valence-electron chi connectivity index (χ4n) is 1.97. The second-order valence-electron chi connectivity index (χ2n) is 4.15. The molecule has 1 unspecified atom stereocenters. The van der Waals surface area contributed by atoms with Gasteiger partial charge in [-0.2, -0.15) is 0 Å². The van der Waals surface area contributed by atoms with Crippen molar-refractivity contribution >= 4 is 0 Å². The minimum atomic E-state index is -0.531. The molecule has 0 saturated carbocycles. The third kappa shape index (κ3) is 3.32. The number of nitrogens with zero attached hydrogens (tertiary/aromatic N) is 2. The number of likely N-dealkylation sites (N-methyl/N-ethyl adjacent to an activating group) is 1. The zero-order chi connectivity index (χ0) is 13.7. The normalized spacial score (nSPS) is 12.4. The van der Waals surface area contributed by atoms with Crippen LogP contribution in [0.1, 0.15) is 24.2 Å². The molecule has 0 bridgehead atoms. The summed E-state index contributed by atoms with van der Waals surface area (Å²) in [4.78, 5) is 7.98. The van der Waals surface area contributed by atoms with Crippen LogP contribution in [0.3, 0.4) is 0 Å². The van der Waals surface area contributed by atoms with E-state index in [2.05, 4.69) is 15.3 Å². The molecule has 1 N–H and O–H groups in total. The van der Waals surface area contributed by atoms with Crippen LogP contribution in [0.2, 0.25) is 0 Å². The highest BCUT2D eigenvalue weighted by atomic mass is 19.1. The molecular formula is C14H15F2N3. The largest absolute Gasteiger partial charge is 0.309 e. The van der Waals surface area contributed by atoms with E-state index >= 15 is 0 Å². The Balaban J connectivity index is 2.27. The molecule has 3 nitrogen and oxygen atoms in total. The molecule has 100 valence electrons. The minimum absolute atomic E-state index is 0.0760. The van der Waals surface area contributed by atoms with E-state index < -0.39 is 11.6 Å². The smallest absolute Gasteiger partial charge is 0.129 e. The summed E-state index contributed by atoms with van der Waals surface area (Å²) in [5, 5.41) is 3.18. The van der Waals surface area contributed by atoms with Crippen LogP contribution in [0.4, 0.5) is 8.78 Å². The maximum atomic E-state index is 13.7. The number of hydrogen-bond acceptors (Lipinski definition) is 3. The molecule has 0 aliphatic rings. The summed E-state index contributed by atoms with van der Waals surface area (Å²) in [6.07, 6.45) is 3.26. The third-order valence-electron chi connectivity index (χ3n) is 2.88. The first-order valence-corrected chi connectivity index (χ1v) is 6.14. The summed E-state index contributed by atoms with van der Waals surface area (Å²) in [5.74, 6) is -1.06. The fraction of sp³-hybridized carbons (Fsp3) is 0.286. The molecule has 19 heavy (non-hydrogen) atoms. The topological polar surface area (TPSA) is 37.8 Å². The molecule has 2 aromatic rings.